The Morgan fingerprint density at radius 1 is 1.04 bits per heavy atom. The molecule has 0 atom stereocenters. The summed E-state index contributed by atoms with van der Waals surface area (Å²) < 4.78 is 30.3. The van der Waals surface area contributed by atoms with Gasteiger partial charge in [-0.2, -0.15) is 0 Å². The van der Waals surface area contributed by atoms with Gasteiger partial charge in [0.1, 0.15) is 5.75 Å². The number of hydrogen-bond donors (Lipinski definition) is 1. The summed E-state index contributed by atoms with van der Waals surface area (Å²) in [4.78, 5) is 20.4. The molecule has 2 aromatic carbocycles. The van der Waals surface area contributed by atoms with Crippen LogP contribution in [0.5, 0.6) is 11.5 Å². The maximum Gasteiger partial charge on any atom is 0.304 e. The molecule has 0 spiro atoms. The highest BCUT2D eigenvalue weighted by molar-refractivity contribution is 7.92. The maximum atomic E-state index is 11.5. The molecule has 0 aromatic heterocycles. The monoisotopic (exact) mass is 353 g/mol. The maximum absolute atomic E-state index is 11.5. The van der Waals surface area contributed by atoms with Gasteiger partial charge in [0, 0.05) is 0 Å². The van der Waals surface area contributed by atoms with E-state index in [1.807, 2.05) is 4.72 Å². The Hall–Kier alpha value is -3.21. The fourth-order valence-electron chi connectivity index (χ4n) is 1.82. The van der Waals surface area contributed by atoms with Gasteiger partial charge in [0.25, 0.3) is 5.69 Å². The molecule has 0 heterocycles. The summed E-state index contributed by atoms with van der Waals surface area (Å²) in [5, 5.41) is 22.1. The predicted octanol–water partition coefficient (Wildman–Crippen LogP) is 2.67. The lowest BCUT2D eigenvalue weighted by atomic mass is 10.2. The smallest absolute Gasteiger partial charge is 0.304 e. The first kappa shape index (κ1) is 17.1. The lowest BCUT2D eigenvalue weighted by Crippen LogP contribution is -2.12. The van der Waals surface area contributed by atoms with Crippen LogP contribution >= 0.6 is 0 Å². The number of nitro benzene ring substituents is 2. The highest BCUT2D eigenvalue weighted by Crippen LogP contribution is 2.41. The predicted molar refractivity (Wildman–Crippen MR) is 84.7 cm³/mol. The Morgan fingerprint density at radius 3 is 2.17 bits per heavy atom. The lowest BCUT2D eigenvalue weighted by Gasteiger charge is -2.12. The van der Waals surface area contributed by atoms with E-state index in [2.05, 4.69) is 0 Å². The standard InChI is InChI=1S/C13H11N3O7S/c1-24(21,22)14-13-11(16(19)20)7-9(15(17)18)8-12(13)23-10-5-3-2-4-6-10/h2-8,14H,1H3. The number of nitrogens with one attached hydrogen (secondary N) is 1. The SMILES string of the molecule is CS(=O)(=O)Nc1c(Oc2ccccc2)cc([N+](=O)[O-])cc1[N+](=O)[O-]. The topological polar surface area (TPSA) is 142 Å². The van der Waals surface area contributed by atoms with Crippen molar-refractivity contribution < 1.29 is 23.0 Å². The second-order valence-corrected chi connectivity index (χ2v) is 6.39. The van der Waals surface area contributed by atoms with Crippen molar-refractivity contribution in [2.75, 3.05) is 11.0 Å². The number of benzene rings is 2. The summed E-state index contributed by atoms with van der Waals surface area (Å²) in [7, 11) is -3.89. The first-order chi connectivity index (χ1) is 11.2. The second kappa shape index (κ2) is 6.50. The number of hydrogen-bond acceptors (Lipinski definition) is 7. The molecule has 126 valence electrons. The minimum Gasteiger partial charge on any atom is -0.455 e. The third-order valence-electron chi connectivity index (χ3n) is 2.73. The highest BCUT2D eigenvalue weighted by Gasteiger charge is 2.27. The minimum atomic E-state index is -3.89. The summed E-state index contributed by atoms with van der Waals surface area (Å²) >= 11 is 0. The molecular weight excluding hydrogens is 342 g/mol. The fraction of sp³-hybridized carbons (Fsp3) is 0.0769. The number of nitro groups is 2. The number of para-hydroxylation sites is 1. The van der Waals surface area contributed by atoms with E-state index in [1.54, 1.807) is 18.2 Å². The van der Waals surface area contributed by atoms with Crippen molar-refractivity contribution >= 4 is 27.1 Å². The normalized spacial score (nSPS) is 10.9. The van der Waals surface area contributed by atoms with Gasteiger partial charge >= 0.3 is 5.69 Å². The number of sulfonamides is 1. The average Bonchev–Trinajstić information content (AvgIpc) is 2.48. The zero-order valence-electron chi connectivity index (χ0n) is 12.2. The summed E-state index contributed by atoms with van der Waals surface area (Å²) in [5.41, 5.74) is -1.89. The molecule has 0 amide bonds. The van der Waals surface area contributed by atoms with Crippen molar-refractivity contribution in [1.82, 2.24) is 0 Å². The van der Waals surface area contributed by atoms with Crippen LogP contribution in [0.2, 0.25) is 0 Å². The van der Waals surface area contributed by atoms with Gasteiger partial charge in [-0.25, -0.2) is 8.42 Å². The van der Waals surface area contributed by atoms with Gasteiger partial charge in [-0.3, -0.25) is 25.0 Å². The molecule has 0 unspecified atom stereocenters. The molecule has 24 heavy (non-hydrogen) atoms. The minimum absolute atomic E-state index is 0.226. The molecule has 0 aliphatic rings. The zero-order valence-corrected chi connectivity index (χ0v) is 13.0. The van der Waals surface area contributed by atoms with E-state index < -0.39 is 36.9 Å². The molecule has 0 fully saturated rings. The molecule has 1 N–H and O–H groups in total. The van der Waals surface area contributed by atoms with E-state index in [0.717, 1.165) is 12.3 Å². The van der Waals surface area contributed by atoms with Crippen LogP contribution in [-0.2, 0) is 10.0 Å². The van der Waals surface area contributed by atoms with E-state index in [0.29, 0.717) is 6.07 Å². The van der Waals surface area contributed by atoms with Crippen molar-refractivity contribution in [3.8, 4) is 11.5 Å². The number of anilines is 1. The first-order valence-electron chi connectivity index (χ1n) is 6.35. The summed E-state index contributed by atoms with van der Waals surface area (Å²) in [6.45, 7) is 0. The molecule has 0 saturated carbocycles. The van der Waals surface area contributed by atoms with E-state index >= 15 is 0 Å². The Balaban J connectivity index is 2.67. The summed E-state index contributed by atoms with van der Waals surface area (Å²) in [5.74, 6) is -0.128. The molecule has 0 bridgehead atoms. The molecule has 0 aliphatic heterocycles. The van der Waals surface area contributed by atoms with Gasteiger partial charge in [0.2, 0.25) is 10.0 Å². The third kappa shape index (κ3) is 4.16. The molecule has 11 heteroatoms. The van der Waals surface area contributed by atoms with E-state index in [1.165, 1.54) is 12.1 Å². The van der Waals surface area contributed by atoms with Crippen molar-refractivity contribution in [3.05, 3.63) is 62.7 Å². The molecule has 2 aromatic rings. The van der Waals surface area contributed by atoms with Gasteiger partial charge in [0.05, 0.1) is 28.2 Å². The van der Waals surface area contributed by atoms with Crippen LogP contribution in [0.15, 0.2) is 42.5 Å². The van der Waals surface area contributed by atoms with E-state index in [4.69, 9.17) is 4.74 Å². The van der Waals surface area contributed by atoms with Crippen LogP contribution < -0.4 is 9.46 Å². The number of rotatable bonds is 6. The first-order valence-corrected chi connectivity index (χ1v) is 8.24. The van der Waals surface area contributed by atoms with Gasteiger partial charge in [-0.1, -0.05) is 18.2 Å². The molecule has 0 radical (unpaired) electrons. The van der Waals surface area contributed by atoms with Crippen LogP contribution in [0.3, 0.4) is 0 Å². The van der Waals surface area contributed by atoms with Gasteiger partial charge in [-0.05, 0) is 12.1 Å². The van der Waals surface area contributed by atoms with Crippen LogP contribution in [0.1, 0.15) is 0 Å². The quantitative estimate of drug-likeness (QED) is 0.621. The van der Waals surface area contributed by atoms with Gasteiger partial charge < -0.3 is 4.74 Å². The highest BCUT2D eigenvalue weighted by atomic mass is 32.2. The molecule has 2 rings (SSSR count). The van der Waals surface area contributed by atoms with Crippen molar-refractivity contribution in [2.24, 2.45) is 0 Å². The average molecular weight is 353 g/mol. The zero-order chi connectivity index (χ0) is 17.9. The Labute approximate surface area is 136 Å². The summed E-state index contributed by atoms with van der Waals surface area (Å²) in [6, 6.07) is 9.51. The van der Waals surface area contributed by atoms with Crippen LogP contribution in [-0.4, -0.2) is 24.5 Å². The Bertz CT molecular complexity index is 897. The van der Waals surface area contributed by atoms with Crippen molar-refractivity contribution in [2.45, 2.75) is 0 Å². The van der Waals surface area contributed by atoms with Crippen molar-refractivity contribution in [1.29, 1.82) is 0 Å². The molecular formula is C13H11N3O7S. The van der Waals surface area contributed by atoms with Gasteiger partial charge in [-0.15, -0.1) is 0 Å². The van der Waals surface area contributed by atoms with E-state index in [-0.39, 0.29) is 11.5 Å². The number of ether oxygens (including phenoxy) is 1. The van der Waals surface area contributed by atoms with Crippen LogP contribution in [0, 0.1) is 20.2 Å². The molecule has 0 aliphatic carbocycles. The van der Waals surface area contributed by atoms with Crippen LogP contribution in [0.4, 0.5) is 17.1 Å². The van der Waals surface area contributed by atoms with Gasteiger partial charge in [0.15, 0.2) is 11.4 Å². The Morgan fingerprint density at radius 2 is 1.67 bits per heavy atom. The molecule has 10 nitrogen and oxygen atoms in total. The number of nitrogens with zero attached hydrogens (tertiary/aromatic N) is 2. The molecule has 0 saturated heterocycles. The van der Waals surface area contributed by atoms with E-state index in [9.17, 15) is 28.6 Å². The second-order valence-electron chi connectivity index (χ2n) is 4.64. The lowest BCUT2D eigenvalue weighted by molar-refractivity contribution is -0.393. The van der Waals surface area contributed by atoms with Crippen LogP contribution in [0.25, 0.3) is 0 Å². The fourth-order valence-corrected chi connectivity index (χ4v) is 2.40. The van der Waals surface area contributed by atoms with Crippen molar-refractivity contribution in [3.63, 3.8) is 0 Å². The number of non-ortho nitro benzene ring substituents is 1. The summed E-state index contributed by atoms with van der Waals surface area (Å²) in [6.07, 6.45) is 0.796. The largest absolute Gasteiger partial charge is 0.455 e. The third-order valence-corrected chi connectivity index (χ3v) is 3.31. The Kier molecular flexibility index (Phi) is 4.64.